The third-order valence-corrected chi connectivity index (χ3v) is 6.17. The molecule has 6 nitrogen and oxygen atoms in total. The SMILES string of the molecule is Cc1ccc(-c2nc(CSc3nnc(-c4sc(C)nc4C)o3)cs2)o1. The number of aryl methyl sites for hydroxylation is 3. The Hall–Kier alpha value is -1.97. The first-order valence-corrected chi connectivity index (χ1v) is 10.2. The Labute approximate surface area is 156 Å². The Morgan fingerprint density at radius 1 is 1.08 bits per heavy atom. The number of thioether (sulfide) groups is 1. The Bertz CT molecular complexity index is 1010. The Morgan fingerprint density at radius 3 is 2.68 bits per heavy atom. The lowest BCUT2D eigenvalue weighted by Gasteiger charge is -1.93. The summed E-state index contributed by atoms with van der Waals surface area (Å²) in [5.41, 5.74) is 1.88. The van der Waals surface area contributed by atoms with Crippen molar-refractivity contribution in [3.63, 3.8) is 0 Å². The van der Waals surface area contributed by atoms with Gasteiger partial charge >= 0.3 is 0 Å². The van der Waals surface area contributed by atoms with Gasteiger partial charge in [-0.05, 0) is 32.9 Å². The monoisotopic (exact) mass is 390 g/mol. The van der Waals surface area contributed by atoms with Gasteiger partial charge in [0, 0.05) is 11.1 Å². The first-order valence-electron chi connectivity index (χ1n) is 7.50. The number of furan rings is 1. The van der Waals surface area contributed by atoms with Crippen molar-refractivity contribution in [2.75, 3.05) is 0 Å². The molecule has 0 aliphatic rings. The molecule has 4 rings (SSSR count). The summed E-state index contributed by atoms with van der Waals surface area (Å²) < 4.78 is 11.4. The fourth-order valence-corrected chi connectivity index (χ4v) is 4.64. The molecule has 0 saturated carbocycles. The fraction of sp³-hybridized carbons (Fsp3) is 0.250. The number of hydrogen-bond donors (Lipinski definition) is 0. The summed E-state index contributed by atoms with van der Waals surface area (Å²) in [5.74, 6) is 2.87. The normalized spacial score (nSPS) is 11.3. The van der Waals surface area contributed by atoms with Gasteiger partial charge in [-0.1, -0.05) is 11.8 Å². The molecule has 0 N–H and O–H groups in total. The third-order valence-electron chi connectivity index (χ3n) is 3.35. The molecule has 0 aliphatic heterocycles. The minimum atomic E-state index is 0.524. The second kappa shape index (κ2) is 6.74. The quantitative estimate of drug-likeness (QED) is 0.437. The van der Waals surface area contributed by atoms with Crippen LogP contribution in [0.1, 0.15) is 22.2 Å². The van der Waals surface area contributed by atoms with Gasteiger partial charge in [-0.2, -0.15) is 0 Å². The van der Waals surface area contributed by atoms with Crippen molar-refractivity contribution in [1.29, 1.82) is 0 Å². The lowest BCUT2D eigenvalue weighted by molar-refractivity contribution is 0.466. The van der Waals surface area contributed by atoms with Crippen LogP contribution >= 0.6 is 34.4 Å². The minimum absolute atomic E-state index is 0.524. The van der Waals surface area contributed by atoms with Gasteiger partial charge in [0.2, 0.25) is 0 Å². The molecular formula is C16H14N4O2S3. The standard InChI is InChI=1S/C16H14N4O2S3/c1-8-4-5-12(21-8)15-18-11(6-23-15)7-24-16-20-19-14(22-16)13-9(2)17-10(3)25-13/h4-6H,7H2,1-3H3. The van der Waals surface area contributed by atoms with E-state index in [1.165, 1.54) is 11.8 Å². The number of thiazole rings is 2. The molecule has 0 spiro atoms. The van der Waals surface area contributed by atoms with E-state index in [0.29, 0.717) is 16.9 Å². The highest BCUT2D eigenvalue weighted by molar-refractivity contribution is 7.98. The van der Waals surface area contributed by atoms with Gasteiger partial charge < -0.3 is 8.83 Å². The molecule has 0 bridgehead atoms. The highest BCUT2D eigenvalue weighted by Gasteiger charge is 2.16. The van der Waals surface area contributed by atoms with Crippen molar-refractivity contribution >= 4 is 34.4 Å². The van der Waals surface area contributed by atoms with E-state index in [4.69, 9.17) is 8.83 Å². The molecule has 4 heterocycles. The predicted octanol–water partition coefficient (Wildman–Crippen LogP) is 5.13. The van der Waals surface area contributed by atoms with Crippen LogP contribution in [0.2, 0.25) is 0 Å². The summed E-state index contributed by atoms with van der Waals surface area (Å²) in [6, 6.07) is 3.88. The van der Waals surface area contributed by atoms with Gasteiger partial charge in [-0.25, -0.2) is 9.97 Å². The minimum Gasteiger partial charge on any atom is -0.459 e. The maximum absolute atomic E-state index is 5.75. The zero-order chi connectivity index (χ0) is 17.4. The molecule has 0 amide bonds. The van der Waals surface area contributed by atoms with Crippen LogP contribution in [-0.2, 0) is 5.75 Å². The number of rotatable bonds is 5. The second-order valence-electron chi connectivity index (χ2n) is 5.36. The van der Waals surface area contributed by atoms with Crippen LogP contribution in [0.3, 0.4) is 0 Å². The maximum Gasteiger partial charge on any atom is 0.277 e. The number of aromatic nitrogens is 4. The van der Waals surface area contributed by atoms with Crippen molar-refractivity contribution in [2.24, 2.45) is 0 Å². The summed E-state index contributed by atoms with van der Waals surface area (Å²) in [5, 5.41) is 12.7. The zero-order valence-corrected chi connectivity index (χ0v) is 16.2. The first-order chi connectivity index (χ1) is 12.1. The molecule has 4 aromatic rings. The molecule has 0 fully saturated rings. The topological polar surface area (TPSA) is 77.8 Å². The van der Waals surface area contributed by atoms with Gasteiger partial charge in [0.15, 0.2) is 10.8 Å². The van der Waals surface area contributed by atoms with Crippen molar-refractivity contribution in [3.05, 3.63) is 39.7 Å². The van der Waals surface area contributed by atoms with Gasteiger partial charge in [-0.3, -0.25) is 0 Å². The third kappa shape index (κ3) is 3.53. The second-order valence-corrected chi connectivity index (χ2v) is 8.35. The van der Waals surface area contributed by atoms with Crippen LogP contribution in [-0.4, -0.2) is 20.2 Å². The van der Waals surface area contributed by atoms with Crippen LogP contribution in [0.4, 0.5) is 0 Å². The molecule has 128 valence electrons. The van der Waals surface area contributed by atoms with E-state index in [1.54, 1.807) is 22.7 Å². The largest absolute Gasteiger partial charge is 0.459 e. The maximum atomic E-state index is 5.75. The average molecular weight is 391 g/mol. The summed E-state index contributed by atoms with van der Waals surface area (Å²) >= 11 is 4.60. The van der Waals surface area contributed by atoms with Crippen molar-refractivity contribution in [3.8, 4) is 21.5 Å². The lowest BCUT2D eigenvalue weighted by Crippen LogP contribution is -1.81. The molecule has 9 heteroatoms. The van der Waals surface area contributed by atoms with Crippen LogP contribution in [0.25, 0.3) is 21.5 Å². The molecular weight excluding hydrogens is 376 g/mol. The molecule has 0 saturated heterocycles. The molecule has 0 unspecified atom stereocenters. The Morgan fingerprint density at radius 2 is 1.96 bits per heavy atom. The summed E-state index contributed by atoms with van der Waals surface area (Å²) in [6.07, 6.45) is 0. The van der Waals surface area contributed by atoms with Crippen LogP contribution in [0.5, 0.6) is 0 Å². The lowest BCUT2D eigenvalue weighted by atomic mass is 10.4. The van der Waals surface area contributed by atoms with Crippen LogP contribution in [0, 0.1) is 20.8 Å². The Balaban J connectivity index is 1.44. The molecule has 0 radical (unpaired) electrons. The van der Waals surface area contributed by atoms with Gasteiger partial charge in [0.1, 0.15) is 10.6 Å². The summed E-state index contributed by atoms with van der Waals surface area (Å²) in [4.78, 5) is 9.92. The molecule has 25 heavy (non-hydrogen) atoms. The van der Waals surface area contributed by atoms with Crippen molar-refractivity contribution < 1.29 is 8.83 Å². The highest BCUT2D eigenvalue weighted by atomic mass is 32.2. The van der Waals surface area contributed by atoms with E-state index < -0.39 is 0 Å². The van der Waals surface area contributed by atoms with Crippen LogP contribution in [0.15, 0.2) is 31.6 Å². The number of hydrogen-bond acceptors (Lipinski definition) is 9. The van der Waals surface area contributed by atoms with E-state index >= 15 is 0 Å². The zero-order valence-electron chi connectivity index (χ0n) is 13.8. The van der Waals surface area contributed by atoms with Crippen molar-refractivity contribution in [1.82, 2.24) is 20.2 Å². The molecule has 4 aromatic heterocycles. The van der Waals surface area contributed by atoms with E-state index in [-0.39, 0.29) is 0 Å². The average Bonchev–Trinajstić information content (AvgIpc) is 3.33. The van der Waals surface area contributed by atoms with E-state index in [1.807, 2.05) is 38.3 Å². The number of nitrogens with zero attached hydrogens (tertiary/aromatic N) is 4. The highest BCUT2D eigenvalue weighted by Crippen LogP contribution is 2.32. The summed E-state index contributed by atoms with van der Waals surface area (Å²) in [7, 11) is 0. The summed E-state index contributed by atoms with van der Waals surface area (Å²) in [6.45, 7) is 5.84. The fourth-order valence-electron chi connectivity index (χ4n) is 2.26. The first kappa shape index (κ1) is 16.5. The van der Waals surface area contributed by atoms with Gasteiger partial charge in [0.25, 0.3) is 11.1 Å². The van der Waals surface area contributed by atoms with Crippen LogP contribution < -0.4 is 0 Å². The molecule has 0 aliphatic carbocycles. The van der Waals surface area contributed by atoms with Gasteiger partial charge in [-0.15, -0.1) is 32.9 Å². The smallest absolute Gasteiger partial charge is 0.277 e. The van der Waals surface area contributed by atoms with Crippen molar-refractivity contribution in [2.45, 2.75) is 31.7 Å². The van der Waals surface area contributed by atoms with E-state index in [9.17, 15) is 0 Å². The van der Waals surface area contributed by atoms with E-state index in [2.05, 4.69) is 20.2 Å². The Kier molecular flexibility index (Phi) is 4.45. The molecule has 0 aromatic carbocycles. The molecule has 0 atom stereocenters. The predicted molar refractivity (Wildman–Crippen MR) is 99.0 cm³/mol. The van der Waals surface area contributed by atoms with Gasteiger partial charge in [0.05, 0.1) is 16.4 Å². The van der Waals surface area contributed by atoms with E-state index in [0.717, 1.165) is 37.8 Å².